The van der Waals surface area contributed by atoms with Crippen LogP contribution in [0, 0.1) is 0 Å². The first kappa shape index (κ1) is 21.6. The molecule has 13 heteroatoms. The number of hydrogen-bond acceptors (Lipinski definition) is 8. The van der Waals surface area contributed by atoms with Crippen molar-refractivity contribution in [1.82, 2.24) is 14.8 Å². The van der Waals surface area contributed by atoms with E-state index in [2.05, 4.69) is 14.9 Å². The number of thioether (sulfide) groups is 1. The molecule has 1 aliphatic heterocycles. The third kappa shape index (κ3) is 4.24. The number of ether oxygens (including phenoxy) is 1. The van der Waals surface area contributed by atoms with Gasteiger partial charge in [-0.1, -0.05) is 17.8 Å². The zero-order chi connectivity index (χ0) is 22.9. The monoisotopic (exact) mass is 475 g/mol. The number of nitrogens with zero attached hydrogens (tertiary/aromatic N) is 4. The maximum Gasteiger partial charge on any atom is 0.323 e. The Kier molecular flexibility index (Phi) is 5.76. The van der Waals surface area contributed by atoms with Crippen LogP contribution in [0.1, 0.15) is 0 Å². The topological polar surface area (TPSA) is 144 Å². The summed E-state index contributed by atoms with van der Waals surface area (Å²) in [6.07, 6.45) is 3.38. The van der Waals surface area contributed by atoms with Gasteiger partial charge in [0.15, 0.2) is 11.8 Å². The lowest BCUT2D eigenvalue weighted by Crippen LogP contribution is -2.42. The summed E-state index contributed by atoms with van der Waals surface area (Å²) in [6.45, 7) is -0.927. The van der Waals surface area contributed by atoms with Gasteiger partial charge in [0.05, 0.1) is 22.0 Å². The van der Waals surface area contributed by atoms with Crippen molar-refractivity contribution >= 4 is 45.0 Å². The van der Waals surface area contributed by atoms with Crippen LogP contribution in [0.25, 0.3) is 5.69 Å². The maximum atomic E-state index is 13.0. The van der Waals surface area contributed by atoms with Gasteiger partial charge < -0.3 is 9.84 Å². The number of fused-ring (bicyclic) bond motifs is 1. The number of nitrogens with one attached hydrogen (secondary N) is 1. The minimum atomic E-state index is -4.05. The van der Waals surface area contributed by atoms with E-state index in [0.717, 1.165) is 4.90 Å². The average molecular weight is 476 g/mol. The number of carbonyl (C=O) groups excluding carboxylic acids is 1. The van der Waals surface area contributed by atoms with Gasteiger partial charge in [-0.15, -0.1) is 10.2 Å². The number of benzene rings is 2. The number of carboxylic acid groups (broad SMARTS) is 1. The Hall–Kier alpha value is -3.58. The molecule has 11 nitrogen and oxygen atoms in total. The van der Waals surface area contributed by atoms with Gasteiger partial charge in [0.1, 0.15) is 18.6 Å². The Morgan fingerprint density at radius 1 is 1.28 bits per heavy atom. The molecule has 0 fully saturated rings. The van der Waals surface area contributed by atoms with E-state index in [1.807, 2.05) is 6.26 Å². The summed E-state index contributed by atoms with van der Waals surface area (Å²) in [7, 11) is -4.05. The van der Waals surface area contributed by atoms with Crippen LogP contribution in [0.15, 0.2) is 58.8 Å². The van der Waals surface area contributed by atoms with Crippen molar-refractivity contribution in [2.24, 2.45) is 0 Å². The molecule has 0 atom stereocenters. The number of anilines is 2. The predicted octanol–water partition coefficient (Wildman–Crippen LogP) is 1.60. The van der Waals surface area contributed by atoms with E-state index < -0.39 is 28.4 Å². The second kappa shape index (κ2) is 8.51. The van der Waals surface area contributed by atoms with Crippen LogP contribution in [0.5, 0.6) is 5.75 Å². The molecule has 0 saturated heterocycles. The fourth-order valence-corrected chi connectivity index (χ4v) is 4.68. The maximum absolute atomic E-state index is 13.0. The van der Waals surface area contributed by atoms with Crippen molar-refractivity contribution in [2.75, 3.05) is 29.0 Å². The van der Waals surface area contributed by atoms with Crippen molar-refractivity contribution < 1.29 is 27.9 Å². The molecule has 0 unspecified atom stereocenters. The van der Waals surface area contributed by atoms with Gasteiger partial charge in [-0.3, -0.25) is 23.8 Å². The molecular formula is C19H17N5O6S2. The van der Waals surface area contributed by atoms with Crippen LogP contribution in [0.2, 0.25) is 0 Å². The minimum Gasteiger partial charge on any atom is -0.482 e. The summed E-state index contributed by atoms with van der Waals surface area (Å²) < 4.78 is 35.5. The number of aliphatic carboxylic acids is 1. The Morgan fingerprint density at radius 2 is 2.09 bits per heavy atom. The number of hydrogen-bond donors (Lipinski definition) is 2. The normalized spacial score (nSPS) is 13.4. The third-order valence-corrected chi connectivity index (χ3v) is 6.58. The van der Waals surface area contributed by atoms with Crippen LogP contribution >= 0.6 is 11.8 Å². The number of carbonyl (C=O) groups is 2. The SMILES string of the molecule is CSc1nncn1-c1cccc(NS(=O)(=O)c2ccc3c(c2)N(CC(=O)O)C(=O)CO3)c1. The molecule has 0 saturated carbocycles. The summed E-state index contributed by atoms with van der Waals surface area (Å²) in [5.41, 5.74) is 1.04. The van der Waals surface area contributed by atoms with Gasteiger partial charge >= 0.3 is 5.97 Å². The summed E-state index contributed by atoms with van der Waals surface area (Å²) in [4.78, 5) is 24.1. The molecule has 1 aromatic heterocycles. The molecule has 0 radical (unpaired) electrons. The van der Waals surface area contributed by atoms with E-state index in [9.17, 15) is 18.0 Å². The largest absolute Gasteiger partial charge is 0.482 e. The lowest BCUT2D eigenvalue weighted by molar-refractivity contribution is -0.137. The number of amides is 1. The molecule has 0 spiro atoms. The summed E-state index contributed by atoms with van der Waals surface area (Å²) in [5, 5.41) is 17.6. The standard InChI is InChI=1S/C19H17N5O6S2/c1-31-19-21-20-11-24(19)13-4-2-3-12(7-13)22-32(28,29)14-5-6-16-15(8-14)23(9-18(26)27)17(25)10-30-16/h2-8,11,22H,9-10H2,1H3,(H,26,27). The Labute approximate surface area is 187 Å². The predicted molar refractivity (Wildman–Crippen MR) is 116 cm³/mol. The minimum absolute atomic E-state index is 0.0781. The van der Waals surface area contributed by atoms with E-state index in [1.54, 1.807) is 28.8 Å². The molecule has 1 aliphatic rings. The fraction of sp³-hybridized carbons (Fsp3) is 0.158. The van der Waals surface area contributed by atoms with Crippen molar-refractivity contribution in [2.45, 2.75) is 10.1 Å². The van der Waals surface area contributed by atoms with Gasteiger partial charge in [0.25, 0.3) is 15.9 Å². The third-order valence-electron chi connectivity index (χ3n) is 4.55. The Morgan fingerprint density at radius 3 is 2.84 bits per heavy atom. The smallest absolute Gasteiger partial charge is 0.323 e. The first-order chi connectivity index (χ1) is 15.3. The lowest BCUT2D eigenvalue weighted by Gasteiger charge is -2.28. The van der Waals surface area contributed by atoms with E-state index >= 15 is 0 Å². The average Bonchev–Trinajstić information content (AvgIpc) is 3.24. The highest BCUT2D eigenvalue weighted by Gasteiger charge is 2.29. The quantitative estimate of drug-likeness (QED) is 0.487. The summed E-state index contributed by atoms with van der Waals surface area (Å²) in [6, 6.07) is 10.6. The highest BCUT2D eigenvalue weighted by molar-refractivity contribution is 7.98. The highest BCUT2D eigenvalue weighted by atomic mass is 32.2. The number of carboxylic acids is 1. The number of aromatic nitrogens is 3. The number of sulfonamides is 1. The van der Waals surface area contributed by atoms with Crippen LogP contribution in [0.3, 0.4) is 0 Å². The molecule has 32 heavy (non-hydrogen) atoms. The van der Waals surface area contributed by atoms with Crippen LogP contribution in [0.4, 0.5) is 11.4 Å². The van der Waals surface area contributed by atoms with Crippen molar-refractivity contribution in [3.8, 4) is 11.4 Å². The van der Waals surface area contributed by atoms with Crippen molar-refractivity contribution in [1.29, 1.82) is 0 Å². The van der Waals surface area contributed by atoms with E-state index in [4.69, 9.17) is 9.84 Å². The fourth-order valence-electron chi connectivity index (χ4n) is 3.13. The number of rotatable bonds is 7. The van der Waals surface area contributed by atoms with Crippen LogP contribution < -0.4 is 14.4 Å². The first-order valence-electron chi connectivity index (χ1n) is 9.15. The molecule has 2 N–H and O–H groups in total. The highest BCUT2D eigenvalue weighted by Crippen LogP contribution is 2.34. The molecule has 4 rings (SSSR count). The molecule has 2 aromatic carbocycles. The Bertz CT molecular complexity index is 1310. The van der Waals surface area contributed by atoms with Gasteiger partial charge in [-0.05, 0) is 42.7 Å². The lowest BCUT2D eigenvalue weighted by atomic mass is 10.2. The molecule has 0 aliphatic carbocycles. The van der Waals surface area contributed by atoms with Crippen molar-refractivity contribution in [3.05, 3.63) is 48.8 Å². The zero-order valence-electron chi connectivity index (χ0n) is 16.6. The first-order valence-corrected chi connectivity index (χ1v) is 11.9. The van der Waals surface area contributed by atoms with Gasteiger partial charge in [-0.25, -0.2) is 8.42 Å². The summed E-state index contributed by atoms with van der Waals surface area (Å²) in [5.74, 6) is -1.58. The Balaban J connectivity index is 1.65. The second-order valence-electron chi connectivity index (χ2n) is 6.64. The summed E-state index contributed by atoms with van der Waals surface area (Å²) >= 11 is 1.40. The molecule has 0 bridgehead atoms. The van der Waals surface area contributed by atoms with Gasteiger partial charge in [0, 0.05) is 0 Å². The molecule has 2 heterocycles. The molecule has 166 valence electrons. The van der Waals surface area contributed by atoms with Crippen molar-refractivity contribution in [3.63, 3.8) is 0 Å². The van der Waals surface area contributed by atoms with E-state index in [1.165, 1.54) is 36.3 Å². The van der Waals surface area contributed by atoms with Crippen LogP contribution in [-0.2, 0) is 19.6 Å². The van der Waals surface area contributed by atoms with E-state index in [0.29, 0.717) is 16.5 Å². The van der Waals surface area contributed by atoms with Gasteiger partial charge in [-0.2, -0.15) is 0 Å². The van der Waals surface area contributed by atoms with Crippen LogP contribution in [-0.4, -0.2) is 59.6 Å². The second-order valence-corrected chi connectivity index (χ2v) is 9.09. The molecular weight excluding hydrogens is 458 g/mol. The molecule has 3 aromatic rings. The molecule has 1 amide bonds. The van der Waals surface area contributed by atoms with E-state index in [-0.39, 0.29) is 22.9 Å². The van der Waals surface area contributed by atoms with Gasteiger partial charge in [0.2, 0.25) is 0 Å². The zero-order valence-corrected chi connectivity index (χ0v) is 18.3.